The van der Waals surface area contributed by atoms with Crippen LogP contribution < -0.4 is 0 Å². The van der Waals surface area contributed by atoms with E-state index in [0.29, 0.717) is 0 Å². The van der Waals surface area contributed by atoms with Crippen LogP contribution in [0.25, 0.3) is 0 Å². The minimum absolute atomic E-state index is 0.287. The molecule has 0 heteroatoms. The average Bonchev–Trinajstić information content (AvgIpc) is 1.35. The molecule has 0 nitrogen and oxygen atoms in total. The lowest BCUT2D eigenvalue weighted by Crippen LogP contribution is -1.75. The topological polar surface area (TPSA) is 0 Å². The van der Waals surface area contributed by atoms with Gasteiger partial charge in [0.15, 0.2) is 5.92 Å². The molecular weight excluding hydrogens is 72.1 g/mol. The molecule has 0 saturated heterocycles. The Bertz CT molecular complexity index is 69.8. The molecule has 0 fully saturated rings. The highest BCUT2D eigenvalue weighted by molar-refractivity contribution is 4.99. The third-order valence-electron chi connectivity index (χ3n) is 0.391. The summed E-state index contributed by atoms with van der Waals surface area (Å²) in [6.45, 7) is 7.44. The quantitative estimate of drug-likeness (QED) is 0.306. The standard InChI is InChI=1S/C6H9/c1-4-5-6(2)3/h6H,2H2,1,3H3/q+1. The summed E-state index contributed by atoms with van der Waals surface area (Å²) in [6, 6.07) is 0. The van der Waals surface area contributed by atoms with Crippen molar-refractivity contribution in [2.24, 2.45) is 5.92 Å². The molecule has 0 rings (SSSR count). The van der Waals surface area contributed by atoms with E-state index >= 15 is 0 Å². The van der Waals surface area contributed by atoms with Crippen molar-refractivity contribution < 1.29 is 0 Å². The summed E-state index contributed by atoms with van der Waals surface area (Å²) in [5, 5.41) is 0. The van der Waals surface area contributed by atoms with Gasteiger partial charge in [-0.05, 0) is 13.8 Å². The molecule has 0 aromatic rings. The fourth-order valence-corrected chi connectivity index (χ4v) is 0.246. The fraction of sp³-hybridized carbons (Fsp3) is 0.500. The highest BCUT2D eigenvalue weighted by atomic mass is 13.8. The molecule has 6 heavy (non-hydrogen) atoms. The van der Waals surface area contributed by atoms with E-state index in [4.69, 9.17) is 0 Å². The normalized spacial score (nSPS) is 11.7. The summed E-state index contributed by atoms with van der Waals surface area (Å²) in [4.78, 5) is 0. The van der Waals surface area contributed by atoms with E-state index in [1.165, 1.54) is 0 Å². The number of hydrogen-bond donors (Lipinski definition) is 0. The maximum absolute atomic E-state index is 3.65. The van der Waals surface area contributed by atoms with Crippen LogP contribution >= 0.6 is 0 Å². The van der Waals surface area contributed by atoms with Crippen molar-refractivity contribution in [3.63, 3.8) is 0 Å². The van der Waals surface area contributed by atoms with Gasteiger partial charge >= 0.3 is 0 Å². The Balaban J connectivity index is 3.20. The maximum Gasteiger partial charge on any atom is 0.152 e. The van der Waals surface area contributed by atoms with Gasteiger partial charge in [-0.25, -0.2) is 0 Å². The molecule has 0 saturated carbocycles. The van der Waals surface area contributed by atoms with E-state index < -0.39 is 0 Å². The molecule has 1 atom stereocenters. The Labute approximate surface area is 39.6 Å². The first-order chi connectivity index (χ1) is 2.77. The Morgan fingerprint density at radius 1 is 1.67 bits per heavy atom. The lowest BCUT2D eigenvalue weighted by molar-refractivity contribution is 0.976. The molecule has 32 valence electrons. The minimum Gasteiger partial charge on any atom is -0.102 e. The van der Waals surface area contributed by atoms with Crippen molar-refractivity contribution in [2.45, 2.75) is 13.8 Å². The first-order valence-corrected chi connectivity index (χ1v) is 2.02. The first-order valence-electron chi connectivity index (χ1n) is 2.02. The molecule has 0 aromatic carbocycles. The van der Waals surface area contributed by atoms with Gasteiger partial charge < -0.3 is 0 Å². The summed E-state index contributed by atoms with van der Waals surface area (Å²) in [6.07, 6.45) is 0. The second-order valence-electron chi connectivity index (χ2n) is 1.30. The van der Waals surface area contributed by atoms with Crippen LogP contribution in [0, 0.1) is 24.7 Å². The minimum atomic E-state index is 0.287. The summed E-state index contributed by atoms with van der Waals surface area (Å²) < 4.78 is 0. The van der Waals surface area contributed by atoms with Gasteiger partial charge in [0, 0.05) is 0 Å². The van der Waals surface area contributed by atoms with Crippen molar-refractivity contribution in [3.8, 4) is 11.8 Å². The first kappa shape index (κ1) is 5.43. The predicted molar refractivity (Wildman–Crippen MR) is 28.0 cm³/mol. The molecule has 0 aliphatic carbocycles. The lowest BCUT2D eigenvalue weighted by atomic mass is 10.2. The lowest BCUT2D eigenvalue weighted by Gasteiger charge is -1.72. The Morgan fingerprint density at radius 2 is 2.17 bits per heavy atom. The molecule has 0 heterocycles. The Kier molecular flexibility index (Phi) is 2.40. The van der Waals surface area contributed by atoms with Gasteiger partial charge in [0.25, 0.3) is 0 Å². The predicted octanol–water partition coefficient (Wildman–Crippen LogP) is 1.48. The zero-order chi connectivity index (χ0) is 4.99. The van der Waals surface area contributed by atoms with E-state index in [1.807, 2.05) is 13.8 Å². The van der Waals surface area contributed by atoms with Gasteiger partial charge in [-0.2, -0.15) is 0 Å². The van der Waals surface area contributed by atoms with Gasteiger partial charge in [-0.3, -0.25) is 0 Å². The molecule has 0 aliphatic rings. The van der Waals surface area contributed by atoms with Crippen LogP contribution in [-0.2, 0) is 0 Å². The van der Waals surface area contributed by atoms with E-state index in [9.17, 15) is 0 Å². The molecule has 1 unspecified atom stereocenters. The summed E-state index contributed by atoms with van der Waals surface area (Å²) in [5.41, 5.74) is 0. The van der Waals surface area contributed by atoms with Crippen LogP contribution in [0.5, 0.6) is 0 Å². The van der Waals surface area contributed by atoms with Gasteiger partial charge in [0.05, 0.1) is 6.92 Å². The molecule has 0 amide bonds. The highest BCUT2D eigenvalue weighted by Gasteiger charge is 1.85. The summed E-state index contributed by atoms with van der Waals surface area (Å²) in [7, 11) is 0. The fourth-order valence-electron chi connectivity index (χ4n) is 0.246. The van der Waals surface area contributed by atoms with E-state index in [1.54, 1.807) is 0 Å². The van der Waals surface area contributed by atoms with Gasteiger partial charge in [0.1, 0.15) is 0 Å². The molecule has 0 radical (unpaired) electrons. The third-order valence-corrected chi connectivity index (χ3v) is 0.391. The van der Waals surface area contributed by atoms with Crippen LogP contribution in [-0.4, -0.2) is 0 Å². The van der Waals surface area contributed by atoms with Crippen molar-refractivity contribution in [1.29, 1.82) is 0 Å². The second kappa shape index (κ2) is 2.66. The van der Waals surface area contributed by atoms with E-state index in [2.05, 4.69) is 18.8 Å². The smallest absolute Gasteiger partial charge is 0.102 e. The van der Waals surface area contributed by atoms with Crippen molar-refractivity contribution in [1.82, 2.24) is 0 Å². The van der Waals surface area contributed by atoms with Crippen LogP contribution in [0.2, 0.25) is 0 Å². The third kappa shape index (κ3) is 3.43. The molecule has 0 aliphatic heterocycles. The Hall–Kier alpha value is -0.570. The zero-order valence-electron chi connectivity index (χ0n) is 4.28. The largest absolute Gasteiger partial charge is 0.152 e. The highest BCUT2D eigenvalue weighted by Crippen LogP contribution is 1.82. The summed E-state index contributed by atoms with van der Waals surface area (Å²) >= 11 is 0. The maximum atomic E-state index is 3.65. The van der Waals surface area contributed by atoms with Crippen LogP contribution in [0.3, 0.4) is 0 Å². The zero-order valence-corrected chi connectivity index (χ0v) is 4.28. The van der Waals surface area contributed by atoms with Crippen molar-refractivity contribution >= 4 is 0 Å². The van der Waals surface area contributed by atoms with E-state index in [-0.39, 0.29) is 5.92 Å². The SMILES string of the molecule is [CH2+]C(C)C#CC. The monoisotopic (exact) mass is 81.1 g/mol. The van der Waals surface area contributed by atoms with Crippen molar-refractivity contribution in [3.05, 3.63) is 6.92 Å². The molecule has 0 bridgehead atoms. The van der Waals surface area contributed by atoms with Crippen LogP contribution in [0.4, 0.5) is 0 Å². The number of hydrogen-bond acceptors (Lipinski definition) is 0. The van der Waals surface area contributed by atoms with Gasteiger partial charge in [-0.1, -0.05) is 5.92 Å². The number of rotatable bonds is 0. The Morgan fingerprint density at radius 3 is 2.17 bits per heavy atom. The van der Waals surface area contributed by atoms with Gasteiger partial charge in [0.2, 0.25) is 0 Å². The second-order valence-corrected chi connectivity index (χ2v) is 1.30. The van der Waals surface area contributed by atoms with Crippen molar-refractivity contribution in [2.75, 3.05) is 0 Å². The average molecular weight is 81.1 g/mol. The summed E-state index contributed by atoms with van der Waals surface area (Å²) in [5.74, 6) is 5.89. The molecular formula is C6H9+. The molecule has 0 N–H and O–H groups in total. The van der Waals surface area contributed by atoms with Gasteiger partial charge in [-0.15, -0.1) is 5.92 Å². The van der Waals surface area contributed by atoms with Crippen LogP contribution in [0.15, 0.2) is 0 Å². The van der Waals surface area contributed by atoms with E-state index in [0.717, 1.165) is 0 Å². The molecule has 0 aromatic heterocycles. The molecule has 0 spiro atoms. The van der Waals surface area contributed by atoms with Crippen LogP contribution in [0.1, 0.15) is 13.8 Å².